The van der Waals surface area contributed by atoms with Gasteiger partial charge in [-0.3, -0.25) is 0 Å². The summed E-state index contributed by atoms with van der Waals surface area (Å²) in [6.07, 6.45) is 1.57. The van der Waals surface area contributed by atoms with Crippen LogP contribution in [0.4, 0.5) is 11.6 Å². The van der Waals surface area contributed by atoms with Crippen LogP contribution in [0.3, 0.4) is 0 Å². The Morgan fingerprint density at radius 1 is 1.44 bits per heavy atom. The molecule has 0 aromatic carbocycles. The standard InChI is InChI=1S/C12H17N5S/c1-17(8-10-3-2-6-18-10)12-7-11(14-5-4-13)15-9-16-12/h2-3,6-7,9H,4-5,8,13H2,1H3,(H,14,15,16). The average Bonchev–Trinajstić information content (AvgIpc) is 2.89. The van der Waals surface area contributed by atoms with Crippen molar-refractivity contribution in [3.8, 4) is 0 Å². The Hall–Kier alpha value is -1.66. The normalized spacial score (nSPS) is 10.3. The number of hydrogen-bond donors (Lipinski definition) is 2. The Balaban J connectivity index is 2.03. The maximum atomic E-state index is 5.45. The van der Waals surface area contributed by atoms with Crippen molar-refractivity contribution in [3.63, 3.8) is 0 Å². The van der Waals surface area contributed by atoms with Gasteiger partial charge in [-0.2, -0.15) is 0 Å². The molecule has 0 aliphatic carbocycles. The monoisotopic (exact) mass is 263 g/mol. The van der Waals surface area contributed by atoms with Crippen LogP contribution in [0, 0.1) is 0 Å². The molecule has 0 amide bonds. The highest BCUT2D eigenvalue weighted by molar-refractivity contribution is 7.09. The quantitative estimate of drug-likeness (QED) is 0.827. The first-order valence-corrected chi connectivity index (χ1v) is 6.67. The smallest absolute Gasteiger partial charge is 0.134 e. The number of rotatable bonds is 6. The van der Waals surface area contributed by atoms with E-state index in [2.05, 4.69) is 37.7 Å². The van der Waals surface area contributed by atoms with Gasteiger partial charge >= 0.3 is 0 Å². The molecule has 0 spiro atoms. The molecule has 2 heterocycles. The highest BCUT2D eigenvalue weighted by atomic mass is 32.1. The molecule has 0 radical (unpaired) electrons. The third-order valence-corrected chi connectivity index (χ3v) is 3.33. The van der Waals surface area contributed by atoms with Gasteiger partial charge in [0.15, 0.2) is 0 Å². The highest BCUT2D eigenvalue weighted by Crippen LogP contribution is 2.17. The highest BCUT2D eigenvalue weighted by Gasteiger charge is 2.05. The molecule has 6 heteroatoms. The molecular formula is C12H17N5S. The Morgan fingerprint density at radius 2 is 2.33 bits per heavy atom. The van der Waals surface area contributed by atoms with Crippen molar-refractivity contribution in [1.82, 2.24) is 9.97 Å². The van der Waals surface area contributed by atoms with Crippen LogP contribution in [0.2, 0.25) is 0 Å². The van der Waals surface area contributed by atoms with Crippen LogP contribution < -0.4 is 16.0 Å². The van der Waals surface area contributed by atoms with Gasteiger partial charge in [-0.15, -0.1) is 11.3 Å². The van der Waals surface area contributed by atoms with E-state index in [9.17, 15) is 0 Å². The van der Waals surface area contributed by atoms with Crippen molar-refractivity contribution < 1.29 is 0 Å². The first-order valence-electron chi connectivity index (χ1n) is 5.79. The Kier molecular flexibility index (Phi) is 4.49. The molecule has 0 unspecified atom stereocenters. The number of nitrogens with two attached hydrogens (primary N) is 1. The predicted molar refractivity (Wildman–Crippen MR) is 76.0 cm³/mol. The van der Waals surface area contributed by atoms with E-state index >= 15 is 0 Å². The summed E-state index contributed by atoms with van der Waals surface area (Å²) in [6.45, 7) is 2.15. The van der Waals surface area contributed by atoms with Crippen LogP contribution in [0.25, 0.3) is 0 Å². The zero-order valence-corrected chi connectivity index (χ0v) is 11.2. The SMILES string of the molecule is CN(Cc1cccs1)c1cc(NCCN)ncn1. The van der Waals surface area contributed by atoms with Crippen LogP contribution in [-0.4, -0.2) is 30.1 Å². The first-order chi connectivity index (χ1) is 8.79. The van der Waals surface area contributed by atoms with Gasteiger partial charge in [0.1, 0.15) is 18.0 Å². The fraction of sp³-hybridized carbons (Fsp3) is 0.333. The first kappa shape index (κ1) is 12.8. The van der Waals surface area contributed by atoms with E-state index in [0.29, 0.717) is 13.1 Å². The fourth-order valence-electron chi connectivity index (χ4n) is 1.57. The van der Waals surface area contributed by atoms with Crippen LogP contribution in [0.15, 0.2) is 29.9 Å². The number of nitrogens with one attached hydrogen (secondary N) is 1. The largest absolute Gasteiger partial charge is 0.369 e. The Morgan fingerprint density at radius 3 is 3.06 bits per heavy atom. The van der Waals surface area contributed by atoms with E-state index < -0.39 is 0 Å². The molecule has 0 saturated carbocycles. The van der Waals surface area contributed by atoms with Gasteiger partial charge in [-0.25, -0.2) is 9.97 Å². The topological polar surface area (TPSA) is 67.1 Å². The van der Waals surface area contributed by atoms with E-state index in [1.165, 1.54) is 4.88 Å². The minimum Gasteiger partial charge on any atom is -0.369 e. The number of aromatic nitrogens is 2. The third-order valence-electron chi connectivity index (χ3n) is 2.47. The molecule has 0 bridgehead atoms. The molecule has 2 aromatic rings. The molecule has 2 aromatic heterocycles. The molecule has 0 fully saturated rings. The van der Waals surface area contributed by atoms with Crippen LogP contribution >= 0.6 is 11.3 Å². The summed E-state index contributed by atoms with van der Waals surface area (Å²) in [5.41, 5.74) is 5.45. The molecule has 0 saturated heterocycles. The van der Waals surface area contributed by atoms with E-state index in [1.54, 1.807) is 17.7 Å². The van der Waals surface area contributed by atoms with Gasteiger partial charge in [-0.05, 0) is 11.4 Å². The molecular weight excluding hydrogens is 246 g/mol. The third kappa shape index (κ3) is 3.41. The van der Waals surface area contributed by atoms with Crippen molar-refractivity contribution in [2.24, 2.45) is 5.73 Å². The molecule has 18 heavy (non-hydrogen) atoms. The lowest BCUT2D eigenvalue weighted by Crippen LogP contribution is -2.18. The van der Waals surface area contributed by atoms with Gasteiger partial charge in [-0.1, -0.05) is 6.07 Å². The fourth-order valence-corrected chi connectivity index (χ4v) is 2.33. The van der Waals surface area contributed by atoms with Crippen LogP contribution in [-0.2, 0) is 6.54 Å². The van der Waals surface area contributed by atoms with E-state index in [4.69, 9.17) is 5.73 Å². The lowest BCUT2D eigenvalue weighted by atomic mass is 10.4. The molecule has 5 nitrogen and oxygen atoms in total. The van der Waals surface area contributed by atoms with Gasteiger partial charge in [0.2, 0.25) is 0 Å². The molecule has 3 N–H and O–H groups in total. The second-order valence-corrected chi connectivity index (χ2v) is 4.94. The van der Waals surface area contributed by atoms with Gasteiger partial charge < -0.3 is 16.0 Å². The summed E-state index contributed by atoms with van der Waals surface area (Å²) in [5, 5.41) is 5.23. The maximum absolute atomic E-state index is 5.45. The summed E-state index contributed by atoms with van der Waals surface area (Å²) in [7, 11) is 2.02. The van der Waals surface area contributed by atoms with Crippen molar-refractivity contribution in [1.29, 1.82) is 0 Å². The van der Waals surface area contributed by atoms with Crippen LogP contribution in [0.5, 0.6) is 0 Å². The van der Waals surface area contributed by atoms with Gasteiger partial charge in [0.05, 0.1) is 6.54 Å². The van der Waals surface area contributed by atoms with E-state index in [-0.39, 0.29) is 0 Å². The van der Waals surface area contributed by atoms with Gasteiger partial charge in [0, 0.05) is 31.1 Å². The zero-order valence-electron chi connectivity index (χ0n) is 10.3. The lowest BCUT2D eigenvalue weighted by molar-refractivity contribution is 0.902. The summed E-state index contributed by atoms with van der Waals surface area (Å²) in [4.78, 5) is 11.8. The number of anilines is 2. The van der Waals surface area contributed by atoms with Crippen molar-refractivity contribution in [3.05, 3.63) is 34.8 Å². The molecule has 0 aliphatic rings. The Bertz CT molecular complexity index is 471. The number of thiophene rings is 1. The molecule has 2 rings (SSSR count). The lowest BCUT2D eigenvalue weighted by Gasteiger charge is -2.17. The molecule has 0 atom stereocenters. The van der Waals surface area contributed by atoms with E-state index in [1.807, 2.05) is 13.1 Å². The second kappa shape index (κ2) is 6.32. The summed E-state index contributed by atoms with van der Waals surface area (Å²) < 4.78 is 0. The second-order valence-electron chi connectivity index (χ2n) is 3.91. The number of hydrogen-bond acceptors (Lipinski definition) is 6. The van der Waals surface area contributed by atoms with Crippen molar-refractivity contribution in [2.75, 3.05) is 30.4 Å². The summed E-state index contributed by atoms with van der Waals surface area (Å²) in [5.74, 6) is 1.71. The average molecular weight is 263 g/mol. The predicted octanol–water partition coefficient (Wildman–Crippen LogP) is 1.55. The molecule has 96 valence electrons. The molecule has 0 aliphatic heterocycles. The Labute approximate surface area is 111 Å². The summed E-state index contributed by atoms with van der Waals surface area (Å²) >= 11 is 1.75. The number of nitrogens with zero attached hydrogens (tertiary/aromatic N) is 3. The van der Waals surface area contributed by atoms with Crippen molar-refractivity contribution >= 4 is 23.0 Å². The minimum absolute atomic E-state index is 0.588. The zero-order chi connectivity index (χ0) is 12.8. The summed E-state index contributed by atoms with van der Waals surface area (Å²) in [6, 6.07) is 6.11. The van der Waals surface area contributed by atoms with E-state index in [0.717, 1.165) is 18.2 Å². The van der Waals surface area contributed by atoms with Crippen molar-refractivity contribution in [2.45, 2.75) is 6.54 Å². The maximum Gasteiger partial charge on any atom is 0.134 e. The minimum atomic E-state index is 0.588. The van der Waals surface area contributed by atoms with Crippen LogP contribution in [0.1, 0.15) is 4.88 Å². The van der Waals surface area contributed by atoms with Gasteiger partial charge in [0.25, 0.3) is 0 Å².